The van der Waals surface area contributed by atoms with E-state index in [-0.39, 0.29) is 0 Å². The van der Waals surface area contributed by atoms with Crippen LogP contribution >= 0.6 is 11.9 Å². The van der Waals surface area contributed by atoms with E-state index < -0.39 is 0 Å². The van der Waals surface area contributed by atoms with Gasteiger partial charge in [0.1, 0.15) is 0 Å². The van der Waals surface area contributed by atoms with Crippen LogP contribution in [0, 0.1) is 0 Å². The van der Waals surface area contributed by atoms with Gasteiger partial charge in [-0.3, -0.25) is 0 Å². The molecule has 11 heavy (non-hydrogen) atoms. The first-order chi connectivity index (χ1) is 5.38. The molecule has 0 aliphatic carbocycles. The van der Waals surface area contributed by atoms with E-state index in [2.05, 4.69) is 4.72 Å². The molecule has 0 radical (unpaired) electrons. The Hall–Kier alpha value is -0.670. The topological polar surface area (TPSA) is 34.9 Å². The third-order valence-electron chi connectivity index (χ3n) is 1.42. The van der Waals surface area contributed by atoms with Crippen molar-refractivity contribution in [2.75, 3.05) is 11.0 Å². The van der Waals surface area contributed by atoms with E-state index in [1.165, 1.54) is 0 Å². The fourth-order valence-electron chi connectivity index (χ4n) is 0.884. The average Bonchev–Trinajstić information content (AvgIpc) is 2.06. The molecular formula is C8H12NOS+. The summed E-state index contributed by atoms with van der Waals surface area (Å²) in [6, 6.07) is 7.87. The lowest BCUT2D eigenvalue weighted by molar-refractivity contribution is 0.282. The van der Waals surface area contributed by atoms with Gasteiger partial charge in [-0.1, -0.05) is 24.1 Å². The zero-order valence-corrected chi connectivity index (χ0v) is 7.24. The second kappa shape index (κ2) is 4.26. The SMILES string of the molecule is CSNc1ccccc1C[OH2+]. The van der Waals surface area contributed by atoms with Crippen LogP contribution in [-0.2, 0) is 6.61 Å². The van der Waals surface area contributed by atoms with Crippen molar-refractivity contribution < 1.29 is 5.11 Å². The predicted molar refractivity (Wildman–Crippen MR) is 50.9 cm³/mol. The third-order valence-corrected chi connectivity index (χ3v) is 1.84. The second-order valence-corrected chi connectivity index (χ2v) is 2.75. The lowest BCUT2D eigenvalue weighted by Crippen LogP contribution is -1.91. The van der Waals surface area contributed by atoms with Crippen molar-refractivity contribution in [3.05, 3.63) is 29.8 Å². The molecule has 1 rings (SSSR count). The zero-order valence-electron chi connectivity index (χ0n) is 6.42. The van der Waals surface area contributed by atoms with Gasteiger partial charge in [0.15, 0.2) is 6.61 Å². The van der Waals surface area contributed by atoms with Crippen LogP contribution in [0.5, 0.6) is 0 Å². The number of anilines is 1. The monoisotopic (exact) mass is 170 g/mol. The summed E-state index contributed by atoms with van der Waals surface area (Å²) in [5.74, 6) is 0. The molecule has 0 aromatic heterocycles. The van der Waals surface area contributed by atoms with Crippen LogP contribution in [0.1, 0.15) is 5.56 Å². The molecule has 3 N–H and O–H groups in total. The summed E-state index contributed by atoms with van der Waals surface area (Å²) in [5.41, 5.74) is 2.09. The van der Waals surface area contributed by atoms with Crippen LogP contribution in [-0.4, -0.2) is 11.4 Å². The van der Waals surface area contributed by atoms with Crippen LogP contribution in [0.15, 0.2) is 24.3 Å². The van der Waals surface area contributed by atoms with Crippen molar-refractivity contribution in [2.24, 2.45) is 0 Å². The summed E-state index contributed by atoms with van der Waals surface area (Å²) >= 11 is 1.55. The van der Waals surface area contributed by atoms with E-state index in [0.717, 1.165) is 11.3 Å². The standard InChI is InChI=1S/C8H11NOS/c1-11-9-8-5-3-2-4-7(8)6-10/h2-5,9-10H,6H2,1H3/p+1. The number of hydrogen-bond donors (Lipinski definition) is 1. The highest BCUT2D eigenvalue weighted by atomic mass is 32.2. The summed E-state index contributed by atoms with van der Waals surface area (Å²) in [7, 11) is 0. The Morgan fingerprint density at radius 1 is 1.45 bits per heavy atom. The molecule has 0 aliphatic rings. The molecule has 0 fully saturated rings. The molecule has 0 heterocycles. The van der Waals surface area contributed by atoms with Crippen LogP contribution in [0.3, 0.4) is 0 Å². The molecule has 0 amide bonds. The molecule has 0 saturated carbocycles. The molecular weight excluding hydrogens is 158 g/mol. The Balaban J connectivity index is 2.83. The Bertz CT molecular complexity index is 227. The van der Waals surface area contributed by atoms with Gasteiger partial charge in [0.2, 0.25) is 0 Å². The van der Waals surface area contributed by atoms with E-state index in [4.69, 9.17) is 5.11 Å². The predicted octanol–water partition coefficient (Wildman–Crippen LogP) is 1.60. The summed E-state index contributed by atoms with van der Waals surface area (Å²) in [4.78, 5) is 0. The fourth-order valence-corrected chi connectivity index (χ4v) is 1.30. The van der Waals surface area contributed by atoms with Gasteiger partial charge in [0.25, 0.3) is 0 Å². The molecule has 0 saturated heterocycles. The van der Waals surface area contributed by atoms with E-state index in [9.17, 15) is 0 Å². The Labute approximate surface area is 70.8 Å². The third kappa shape index (κ3) is 2.13. The molecule has 1 aromatic rings. The van der Waals surface area contributed by atoms with Gasteiger partial charge >= 0.3 is 0 Å². The van der Waals surface area contributed by atoms with Crippen molar-refractivity contribution in [3.63, 3.8) is 0 Å². The number of nitrogens with one attached hydrogen (secondary N) is 1. The minimum atomic E-state index is 0.337. The summed E-state index contributed by atoms with van der Waals surface area (Å²) in [6.07, 6.45) is 1.97. The van der Waals surface area contributed by atoms with Gasteiger partial charge < -0.3 is 9.83 Å². The first-order valence-corrected chi connectivity index (χ1v) is 4.62. The van der Waals surface area contributed by atoms with E-state index in [0.29, 0.717) is 6.61 Å². The number of hydrogen-bond acceptors (Lipinski definition) is 2. The van der Waals surface area contributed by atoms with Gasteiger partial charge in [-0.2, -0.15) is 0 Å². The van der Waals surface area contributed by atoms with Gasteiger partial charge in [0.05, 0.1) is 11.3 Å². The first kappa shape index (κ1) is 8.43. The quantitative estimate of drug-likeness (QED) is 0.552. The molecule has 0 spiro atoms. The highest BCUT2D eigenvalue weighted by Crippen LogP contribution is 2.16. The smallest absolute Gasteiger partial charge is 0.172 e. The van der Waals surface area contributed by atoms with E-state index in [1.807, 2.05) is 30.5 Å². The van der Waals surface area contributed by atoms with E-state index >= 15 is 0 Å². The maximum atomic E-state index is 7.21. The number of para-hydroxylation sites is 1. The molecule has 0 unspecified atom stereocenters. The molecule has 0 bridgehead atoms. The average molecular weight is 170 g/mol. The molecule has 2 nitrogen and oxygen atoms in total. The maximum absolute atomic E-state index is 7.21. The van der Waals surface area contributed by atoms with Gasteiger partial charge in [-0.15, -0.1) is 0 Å². The largest absolute Gasteiger partial charge is 0.442 e. The number of rotatable bonds is 3. The van der Waals surface area contributed by atoms with Crippen molar-refractivity contribution in [3.8, 4) is 0 Å². The van der Waals surface area contributed by atoms with Crippen LogP contribution < -0.4 is 4.72 Å². The van der Waals surface area contributed by atoms with Crippen molar-refractivity contribution in [2.45, 2.75) is 6.61 Å². The second-order valence-electron chi connectivity index (χ2n) is 2.14. The lowest BCUT2D eigenvalue weighted by Gasteiger charge is -2.04. The van der Waals surface area contributed by atoms with Crippen LogP contribution in [0.4, 0.5) is 5.69 Å². The van der Waals surface area contributed by atoms with Crippen molar-refractivity contribution in [1.29, 1.82) is 0 Å². The lowest BCUT2D eigenvalue weighted by atomic mass is 10.2. The fraction of sp³-hybridized carbons (Fsp3) is 0.250. The maximum Gasteiger partial charge on any atom is 0.172 e. The van der Waals surface area contributed by atoms with Gasteiger partial charge in [0, 0.05) is 6.26 Å². The molecule has 0 atom stereocenters. The summed E-state index contributed by atoms with van der Waals surface area (Å²) in [6.45, 7) is 0.337. The van der Waals surface area contributed by atoms with Crippen molar-refractivity contribution in [1.82, 2.24) is 0 Å². The first-order valence-electron chi connectivity index (χ1n) is 3.40. The zero-order chi connectivity index (χ0) is 8.10. The molecule has 0 aliphatic heterocycles. The molecule has 1 aromatic carbocycles. The van der Waals surface area contributed by atoms with Crippen molar-refractivity contribution >= 4 is 17.6 Å². The molecule has 3 heteroatoms. The Morgan fingerprint density at radius 2 is 2.18 bits per heavy atom. The van der Waals surface area contributed by atoms with Gasteiger partial charge in [-0.05, 0) is 12.1 Å². The Kier molecular flexibility index (Phi) is 3.26. The normalized spacial score (nSPS) is 9.64. The Morgan fingerprint density at radius 3 is 2.82 bits per heavy atom. The highest BCUT2D eigenvalue weighted by Gasteiger charge is 1.99. The summed E-state index contributed by atoms with van der Waals surface area (Å²) < 4.78 is 3.12. The minimum Gasteiger partial charge on any atom is -0.442 e. The van der Waals surface area contributed by atoms with Crippen LogP contribution in [0.2, 0.25) is 0 Å². The summed E-state index contributed by atoms with van der Waals surface area (Å²) in [5, 5.41) is 7.21. The number of benzene rings is 1. The molecule has 60 valence electrons. The van der Waals surface area contributed by atoms with Crippen LogP contribution in [0.25, 0.3) is 0 Å². The van der Waals surface area contributed by atoms with Gasteiger partial charge in [-0.25, -0.2) is 0 Å². The highest BCUT2D eigenvalue weighted by molar-refractivity contribution is 7.99. The minimum absolute atomic E-state index is 0.337. The van der Waals surface area contributed by atoms with E-state index in [1.54, 1.807) is 11.9 Å².